The summed E-state index contributed by atoms with van der Waals surface area (Å²) in [5, 5.41) is 14.3. The number of benzene rings is 1. The van der Waals surface area contributed by atoms with Crippen LogP contribution in [0.5, 0.6) is 0 Å². The Morgan fingerprint density at radius 1 is 1.26 bits per heavy atom. The lowest BCUT2D eigenvalue weighted by Crippen LogP contribution is -2.17. The highest BCUT2D eigenvalue weighted by Crippen LogP contribution is 2.15. The zero-order valence-electron chi connectivity index (χ0n) is 11.0. The van der Waals surface area contributed by atoms with Crippen molar-refractivity contribution in [2.75, 3.05) is 11.9 Å². The van der Waals surface area contributed by atoms with Gasteiger partial charge in [0.2, 0.25) is 5.89 Å². The molecule has 19 heavy (non-hydrogen) atoms. The van der Waals surface area contributed by atoms with E-state index in [2.05, 4.69) is 36.8 Å². The summed E-state index contributed by atoms with van der Waals surface area (Å²) in [6.45, 7) is 5.56. The molecule has 2 rings (SSSR count). The molecular formula is C13H17BrN4O. The van der Waals surface area contributed by atoms with Crippen LogP contribution in [-0.2, 0) is 6.54 Å². The van der Waals surface area contributed by atoms with Gasteiger partial charge in [0.15, 0.2) is 0 Å². The average Bonchev–Trinajstić information content (AvgIpc) is 2.87. The third-order valence-electron chi connectivity index (χ3n) is 2.68. The molecule has 6 heteroatoms. The third-order valence-corrected chi connectivity index (χ3v) is 3.21. The molecule has 0 aliphatic carbocycles. The number of nitrogens with zero attached hydrogens (tertiary/aromatic N) is 2. The van der Waals surface area contributed by atoms with Crippen molar-refractivity contribution >= 4 is 21.9 Å². The Balaban J connectivity index is 1.91. The monoisotopic (exact) mass is 324 g/mol. The van der Waals surface area contributed by atoms with Gasteiger partial charge >= 0.3 is 6.01 Å². The van der Waals surface area contributed by atoms with Gasteiger partial charge < -0.3 is 15.1 Å². The number of hydrogen-bond acceptors (Lipinski definition) is 5. The summed E-state index contributed by atoms with van der Waals surface area (Å²) >= 11 is 3.41. The standard InChI is InChI=1S/C13H17BrN4O/c1-3-15-9(2)12-17-18-13(19-12)16-8-10-4-6-11(14)7-5-10/h4-7,9,15H,3,8H2,1-2H3,(H,16,18). The van der Waals surface area contributed by atoms with Gasteiger partial charge in [-0.1, -0.05) is 40.1 Å². The Labute approximate surface area is 120 Å². The first-order valence-corrected chi connectivity index (χ1v) is 7.03. The number of rotatable bonds is 6. The molecule has 1 atom stereocenters. The van der Waals surface area contributed by atoms with E-state index in [1.165, 1.54) is 0 Å². The highest BCUT2D eigenvalue weighted by molar-refractivity contribution is 9.10. The second kappa shape index (κ2) is 6.68. The van der Waals surface area contributed by atoms with Gasteiger partial charge in [-0.25, -0.2) is 0 Å². The first kappa shape index (κ1) is 14.0. The molecule has 1 aromatic carbocycles. The van der Waals surface area contributed by atoms with Crippen molar-refractivity contribution in [1.29, 1.82) is 0 Å². The molecule has 0 saturated heterocycles. The summed E-state index contributed by atoms with van der Waals surface area (Å²) in [7, 11) is 0. The van der Waals surface area contributed by atoms with Crippen molar-refractivity contribution in [3.8, 4) is 0 Å². The van der Waals surface area contributed by atoms with Crippen LogP contribution in [0.15, 0.2) is 33.2 Å². The van der Waals surface area contributed by atoms with E-state index in [0.29, 0.717) is 18.5 Å². The number of aromatic nitrogens is 2. The Morgan fingerprint density at radius 3 is 2.68 bits per heavy atom. The third kappa shape index (κ3) is 4.04. The maximum absolute atomic E-state index is 5.54. The van der Waals surface area contributed by atoms with Gasteiger partial charge in [0.05, 0.1) is 6.04 Å². The molecule has 102 valence electrons. The lowest BCUT2D eigenvalue weighted by Gasteiger charge is -2.06. The van der Waals surface area contributed by atoms with Crippen LogP contribution in [0.3, 0.4) is 0 Å². The molecule has 1 heterocycles. The molecule has 2 aromatic rings. The van der Waals surface area contributed by atoms with Gasteiger partial charge in [-0.2, -0.15) is 0 Å². The lowest BCUT2D eigenvalue weighted by atomic mass is 10.2. The van der Waals surface area contributed by atoms with Crippen LogP contribution in [0.2, 0.25) is 0 Å². The van der Waals surface area contributed by atoms with Gasteiger partial charge in [-0.05, 0) is 31.2 Å². The van der Waals surface area contributed by atoms with E-state index in [1.54, 1.807) is 0 Å². The Kier molecular flexibility index (Phi) is 4.93. The Hall–Kier alpha value is -1.40. The van der Waals surface area contributed by atoms with E-state index in [9.17, 15) is 0 Å². The van der Waals surface area contributed by atoms with E-state index in [1.807, 2.05) is 38.1 Å². The summed E-state index contributed by atoms with van der Waals surface area (Å²) in [6.07, 6.45) is 0. The molecule has 1 aromatic heterocycles. The van der Waals surface area contributed by atoms with Crippen LogP contribution in [0.1, 0.15) is 31.3 Å². The molecule has 0 bridgehead atoms. The van der Waals surface area contributed by atoms with E-state index >= 15 is 0 Å². The van der Waals surface area contributed by atoms with Crippen LogP contribution >= 0.6 is 15.9 Å². The van der Waals surface area contributed by atoms with Crippen molar-refractivity contribution < 1.29 is 4.42 Å². The quantitative estimate of drug-likeness (QED) is 0.854. The van der Waals surface area contributed by atoms with Crippen molar-refractivity contribution in [3.63, 3.8) is 0 Å². The van der Waals surface area contributed by atoms with E-state index in [-0.39, 0.29) is 6.04 Å². The zero-order valence-corrected chi connectivity index (χ0v) is 12.6. The molecular weight excluding hydrogens is 308 g/mol. The summed E-state index contributed by atoms with van der Waals surface area (Å²) in [5.41, 5.74) is 1.16. The van der Waals surface area contributed by atoms with Crippen LogP contribution in [0, 0.1) is 0 Å². The maximum Gasteiger partial charge on any atom is 0.315 e. The number of anilines is 1. The van der Waals surface area contributed by atoms with Crippen molar-refractivity contribution in [2.45, 2.75) is 26.4 Å². The fraction of sp³-hybridized carbons (Fsp3) is 0.385. The smallest absolute Gasteiger partial charge is 0.315 e. The van der Waals surface area contributed by atoms with Crippen LogP contribution < -0.4 is 10.6 Å². The molecule has 0 amide bonds. The molecule has 2 N–H and O–H groups in total. The normalized spacial score (nSPS) is 12.4. The Morgan fingerprint density at radius 2 is 2.00 bits per heavy atom. The van der Waals surface area contributed by atoms with Crippen LogP contribution in [0.4, 0.5) is 6.01 Å². The molecule has 0 aliphatic rings. The summed E-state index contributed by atoms with van der Waals surface area (Å²) < 4.78 is 6.60. The van der Waals surface area contributed by atoms with Crippen molar-refractivity contribution in [2.24, 2.45) is 0 Å². The highest BCUT2D eigenvalue weighted by Gasteiger charge is 2.12. The van der Waals surface area contributed by atoms with Crippen molar-refractivity contribution in [1.82, 2.24) is 15.5 Å². The van der Waals surface area contributed by atoms with Gasteiger partial charge in [-0.3, -0.25) is 0 Å². The van der Waals surface area contributed by atoms with Crippen molar-refractivity contribution in [3.05, 3.63) is 40.2 Å². The fourth-order valence-electron chi connectivity index (χ4n) is 1.65. The minimum absolute atomic E-state index is 0.0701. The van der Waals surface area contributed by atoms with E-state index in [4.69, 9.17) is 4.42 Å². The SMILES string of the molecule is CCNC(C)c1nnc(NCc2ccc(Br)cc2)o1. The predicted octanol–water partition coefficient (Wildman–Crippen LogP) is 3.11. The predicted molar refractivity (Wildman–Crippen MR) is 77.9 cm³/mol. The summed E-state index contributed by atoms with van der Waals surface area (Å²) in [6, 6.07) is 8.60. The molecule has 5 nitrogen and oxygen atoms in total. The van der Waals surface area contributed by atoms with Gasteiger partial charge in [0, 0.05) is 11.0 Å². The summed E-state index contributed by atoms with van der Waals surface area (Å²) in [4.78, 5) is 0. The molecule has 0 aliphatic heterocycles. The van der Waals surface area contributed by atoms with E-state index < -0.39 is 0 Å². The highest BCUT2D eigenvalue weighted by atomic mass is 79.9. The molecule has 0 spiro atoms. The topological polar surface area (TPSA) is 63.0 Å². The van der Waals surface area contributed by atoms with Crippen LogP contribution in [0.25, 0.3) is 0 Å². The summed E-state index contributed by atoms with van der Waals surface area (Å²) in [5.74, 6) is 0.597. The number of hydrogen-bond donors (Lipinski definition) is 2. The zero-order chi connectivity index (χ0) is 13.7. The average molecular weight is 325 g/mol. The maximum atomic E-state index is 5.54. The van der Waals surface area contributed by atoms with Gasteiger partial charge in [0.1, 0.15) is 0 Å². The lowest BCUT2D eigenvalue weighted by molar-refractivity contribution is 0.428. The molecule has 0 saturated carbocycles. The molecule has 0 fully saturated rings. The number of halogens is 1. The van der Waals surface area contributed by atoms with Gasteiger partial charge in [-0.15, -0.1) is 5.10 Å². The van der Waals surface area contributed by atoms with Gasteiger partial charge in [0.25, 0.3) is 0 Å². The fourth-order valence-corrected chi connectivity index (χ4v) is 1.92. The van der Waals surface area contributed by atoms with E-state index in [0.717, 1.165) is 16.6 Å². The Bertz CT molecular complexity index is 512. The minimum Gasteiger partial charge on any atom is -0.406 e. The minimum atomic E-state index is 0.0701. The first-order chi connectivity index (χ1) is 9.19. The van der Waals surface area contributed by atoms with Crippen LogP contribution in [-0.4, -0.2) is 16.7 Å². The molecule has 0 radical (unpaired) electrons. The largest absolute Gasteiger partial charge is 0.406 e. The molecule has 1 unspecified atom stereocenters. The second-order valence-corrected chi connectivity index (χ2v) is 5.12. The number of nitrogens with one attached hydrogen (secondary N) is 2. The first-order valence-electron chi connectivity index (χ1n) is 6.24. The second-order valence-electron chi connectivity index (χ2n) is 4.20.